The highest BCUT2D eigenvalue weighted by atomic mass is 16.5. The van der Waals surface area contributed by atoms with Crippen LogP contribution in [0, 0.1) is 17.3 Å². The van der Waals surface area contributed by atoms with E-state index >= 15 is 0 Å². The van der Waals surface area contributed by atoms with Crippen LogP contribution in [0.1, 0.15) is 39.5 Å². The molecule has 1 aromatic heterocycles. The van der Waals surface area contributed by atoms with E-state index in [2.05, 4.69) is 29.1 Å². The lowest BCUT2D eigenvalue weighted by Gasteiger charge is -2.48. The zero-order valence-electron chi connectivity index (χ0n) is 15.6. The predicted molar refractivity (Wildman–Crippen MR) is 97.1 cm³/mol. The van der Waals surface area contributed by atoms with Crippen LogP contribution in [-0.4, -0.2) is 53.6 Å². The van der Waals surface area contributed by atoms with Crippen LogP contribution in [0.3, 0.4) is 0 Å². The zero-order valence-corrected chi connectivity index (χ0v) is 15.6. The van der Waals surface area contributed by atoms with Crippen LogP contribution in [0.2, 0.25) is 0 Å². The van der Waals surface area contributed by atoms with Gasteiger partial charge in [-0.15, -0.1) is 0 Å². The summed E-state index contributed by atoms with van der Waals surface area (Å²) in [4.78, 5) is 23.6. The van der Waals surface area contributed by atoms with Crippen molar-refractivity contribution in [2.24, 2.45) is 17.3 Å². The highest BCUT2D eigenvalue weighted by molar-refractivity contribution is 5.80. The number of anilines is 1. The summed E-state index contributed by atoms with van der Waals surface area (Å²) >= 11 is 0. The Morgan fingerprint density at radius 1 is 1.32 bits per heavy atom. The number of carbonyl (C=O) groups excluding carboxylic acids is 1. The number of carbonyl (C=O) groups is 1. The molecule has 2 heterocycles. The van der Waals surface area contributed by atoms with Crippen LogP contribution in [0.25, 0.3) is 0 Å². The summed E-state index contributed by atoms with van der Waals surface area (Å²) in [5.74, 6) is 1.13. The molecule has 0 spiro atoms. The van der Waals surface area contributed by atoms with E-state index in [9.17, 15) is 4.79 Å². The largest absolute Gasteiger partial charge is 0.381 e. The molecule has 6 nitrogen and oxygen atoms in total. The average molecular weight is 346 g/mol. The van der Waals surface area contributed by atoms with Crippen molar-refractivity contribution in [1.82, 2.24) is 14.9 Å². The number of hydrogen-bond donors (Lipinski definition) is 1. The molecule has 3 rings (SSSR count). The second-order valence-corrected chi connectivity index (χ2v) is 8.19. The van der Waals surface area contributed by atoms with Crippen molar-refractivity contribution in [3.63, 3.8) is 0 Å². The zero-order chi connectivity index (χ0) is 17.9. The summed E-state index contributed by atoms with van der Waals surface area (Å²) in [6, 6.07) is 2.16. The van der Waals surface area contributed by atoms with Crippen LogP contribution in [0.4, 0.5) is 5.95 Å². The number of nitrogens with zero attached hydrogens (tertiary/aromatic N) is 3. The molecule has 6 heteroatoms. The van der Waals surface area contributed by atoms with Gasteiger partial charge in [0.05, 0.1) is 5.92 Å². The molecule has 0 bridgehead atoms. The molecule has 2 fully saturated rings. The fraction of sp³-hybridized carbons (Fsp3) is 0.737. The van der Waals surface area contributed by atoms with Gasteiger partial charge in [-0.2, -0.15) is 0 Å². The third-order valence-corrected chi connectivity index (χ3v) is 5.67. The first-order valence-electron chi connectivity index (χ1n) is 9.31. The first-order valence-corrected chi connectivity index (χ1v) is 9.31. The molecule has 25 heavy (non-hydrogen) atoms. The Balaban J connectivity index is 1.65. The molecule has 1 saturated heterocycles. The topological polar surface area (TPSA) is 67.4 Å². The van der Waals surface area contributed by atoms with Crippen molar-refractivity contribution in [2.75, 3.05) is 32.1 Å². The lowest BCUT2D eigenvalue weighted by molar-refractivity contribution is -0.142. The molecule has 1 aliphatic carbocycles. The number of nitrogens with one attached hydrogen (secondary N) is 1. The minimum atomic E-state index is -0.0542. The Labute approximate surface area is 150 Å². The molecule has 2 aliphatic rings. The lowest BCUT2D eigenvalue weighted by atomic mass is 9.67. The molecular formula is C19H30N4O2. The SMILES string of the molecule is CN(C(=O)C(CNc1ncccn1)C1CCOCC1)C1CC(C)(C)C1. The van der Waals surface area contributed by atoms with Crippen LogP contribution in [0.5, 0.6) is 0 Å². The minimum absolute atomic E-state index is 0.0542. The number of rotatable bonds is 6. The van der Waals surface area contributed by atoms with Gasteiger partial charge in [-0.3, -0.25) is 4.79 Å². The van der Waals surface area contributed by atoms with Crippen molar-refractivity contribution in [2.45, 2.75) is 45.6 Å². The van der Waals surface area contributed by atoms with Crippen molar-refractivity contribution < 1.29 is 9.53 Å². The van der Waals surface area contributed by atoms with Crippen LogP contribution >= 0.6 is 0 Å². The van der Waals surface area contributed by atoms with Crippen molar-refractivity contribution in [3.8, 4) is 0 Å². The summed E-state index contributed by atoms with van der Waals surface area (Å²) in [6.45, 7) is 6.61. The first-order chi connectivity index (χ1) is 12.0. The van der Waals surface area contributed by atoms with Gasteiger partial charge in [0, 0.05) is 45.2 Å². The van der Waals surface area contributed by atoms with E-state index in [1.165, 1.54) is 0 Å². The number of amides is 1. The third kappa shape index (κ3) is 4.48. The van der Waals surface area contributed by atoms with Crippen molar-refractivity contribution in [1.29, 1.82) is 0 Å². The average Bonchev–Trinajstić information content (AvgIpc) is 2.61. The molecule has 138 valence electrons. The molecule has 1 aromatic rings. The van der Waals surface area contributed by atoms with E-state index in [1.807, 2.05) is 11.9 Å². The minimum Gasteiger partial charge on any atom is -0.381 e. The normalized spacial score (nSPS) is 22.0. The second-order valence-electron chi connectivity index (χ2n) is 8.19. The monoisotopic (exact) mass is 346 g/mol. The summed E-state index contributed by atoms with van der Waals surface area (Å²) in [7, 11) is 1.97. The Morgan fingerprint density at radius 2 is 1.96 bits per heavy atom. The van der Waals surface area contributed by atoms with Gasteiger partial charge >= 0.3 is 0 Å². The summed E-state index contributed by atoms with van der Waals surface area (Å²) in [5, 5.41) is 3.26. The fourth-order valence-electron chi connectivity index (χ4n) is 4.10. The van der Waals surface area contributed by atoms with Gasteiger partial charge in [-0.1, -0.05) is 13.8 Å². The van der Waals surface area contributed by atoms with Gasteiger partial charge < -0.3 is 15.0 Å². The molecule has 1 saturated carbocycles. The standard InChI is InChI=1S/C19H30N4O2/c1-19(2)11-15(12-19)23(3)17(24)16(14-5-9-25-10-6-14)13-22-18-20-7-4-8-21-18/h4,7-8,14-16H,5-6,9-13H2,1-3H3,(H,20,21,22). The van der Waals surface area contributed by atoms with E-state index in [1.54, 1.807) is 18.5 Å². The summed E-state index contributed by atoms with van der Waals surface area (Å²) in [5.41, 5.74) is 0.365. The van der Waals surface area contributed by atoms with E-state index in [-0.39, 0.29) is 11.8 Å². The van der Waals surface area contributed by atoms with Gasteiger partial charge in [0.2, 0.25) is 11.9 Å². The number of aromatic nitrogens is 2. The van der Waals surface area contributed by atoms with Gasteiger partial charge in [0.15, 0.2) is 0 Å². The highest BCUT2D eigenvalue weighted by Gasteiger charge is 2.42. The first kappa shape index (κ1) is 18.1. The predicted octanol–water partition coefficient (Wildman–Crippen LogP) is 2.58. The second kappa shape index (κ2) is 7.68. The maximum Gasteiger partial charge on any atom is 0.227 e. The Bertz CT molecular complexity index is 564. The van der Waals surface area contributed by atoms with Crippen LogP contribution in [0.15, 0.2) is 18.5 Å². The smallest absolute Gasteiger partial charge is 0.227 e. The Morgan fingerprint density at radius 3 is 2.56 bits per heavy atom. The maximum atomic E-state index is 13.2. The third-order valence-electron chi connectivity index (χ3n) is 5.67. The lowest BCUT2D eigenvalue weighted by Crippen LogP contribution is -2.52. The summed E-state index contributed by atoms with van der Waals surface area (Å²) in [6.07, 6.45) is 7.48. The molecule has 1 aliphatic heterocycles. The van der Waals surface area contributed by atoms with Crippen LogP contribution in [-0.2, 0) is 9.53 Å². The van der Waals surface area contributed by atoms with Gasteiger partial charge in [0.25, 0.3) is 0 Å². The Kier molecular flexibility index (Phi) is 5.57. The van der Waals surface area contributed by atoms with Crippen LogP contribution < -0.4 is 5.32 Å². The maximum absolute atomic E-state index is 13.2. The highest BCUT2D eigenvalue weighted by Crippen LogP contribution is 2.43. The Hall–Kier alpha value is -1.69. The molecule has 1 atom stereocenters. The number of hydrogen-bond acceptors (Lipinski definition) is 5. The summed E-state index contributed by atoms with van der Waals surface area (Å²) < 4.78 is 5.49. The molecule has 0 radical (unpaired) electrons. The van der Waals surface area contributed by atoms with E-state index < -0.39 is 0 Å². The van der Waals surface area contributed by atoms with Gasteiger partial charge in [-0.25, -0.2) is 9.97 Å². The van der Waals surface area contributed by atoms with E-state index in [4.69, 9.17) is 4.74 Å². The number of ether oxygens (including phenoxy) is 1. The van der Waals surface area contributed by atoms with Gasteiger partial charge in [-0.05, 0) is 43.1 Å². The van der Waals surface area contributed by atoms with Crippen molar-refractivity contribution >= 4 is 11.9 Å². The molecule has 0 aromatic carbocycles. The molecule has 1 unspecified atom stereocenters. The molecule has 1 amide bonds. The van der Waals surface area contributed by atoms with E-state index in [0.29, 0.717) is 29.9 Å². The quantitative estimate of drug-likeness (QED) is 0.857. The fourth-order valence-corrected chi connectivity index (χ4v) is 4.10. The molecular weight excluding hydrogens is 316 g/mol. The van der Waals surface area contributed by atoms with Gasteiger partial charge in [0.1, 0.15) is 0 Å². The molecule has 1 N–H and O–H groups in total. The van der Waals surface area contributed by atoms with E-state index in [0.717, 1.165) is 38.9 Å². The van der Waals surface area contributed by atoms with Crippen molar-refractivity contribution in [3.05, 3.63) is 18.5 Å².